The number of piperazine rings is 1. The first-order chi connectivity index (χ1) is 9.81. The normalized spacial score (nSPS) is 16.1. The van der Waals surface area contributed by atoms with Gasteiger partial charge in [0.2, 0.25) is 0 Å². The molecule has 104 valence electrons. The topological polar surface area (TPSA) is 18.8 Å². The molecule has 0 unspecified atom stereocenters. The van der Waals surface area contributed by atoms with E-state index in [4.69, 9.17) is 0 Å². The molecule has 1 aliphatic rings. The number of rotatable bonds is 3. The van der Waals surface area contributed by atoms with Gasteiger partial charge in [0.1, 0.15) is 0 Å². The van der Waals surface area contributed by atoms with Crippen LogP contribution >= 0.6 is 11.3 Å². The first-order valence-corrected chi connectivity index (χ1v) is 7.83. The van der Waals surface area contributed by atoms with Gasteiger partial charge in [0.15, 0.2) is 0 Å². The van der Waals surface area contributed by atoms with Crippen LogP contribution in [0.25, 0.3) is 0 Å². The molecule has 3 rings (SSSR count). The highest BCUT2D eigenvalue weighted by Crippen LogP contribution is 2.17. The van der Waals surface area contributed by atoms with Crippen molar-refractivity contribution >= 4 is 23.2 Å². The van der Waals surface area contributed by atoms with E-state index in [0.29, 0.717) is 0 Å². The Kier molecular flexibility index (Phi) is 4.02. The highest BCUT2D eigenvalue weighted by atomic mass is 32.1. The van der Waals surface area contributed by atoms with Crippen molar-refractivity contribution in [3.05, 3.63) is 52.2 Å². The average molecular weight is 285 g/mol. The minimum atomic E-state index is 0.982. The Hall–Kier alpha value is -1.81. The maximum atomic E-state index is 4.56. The highest BCUT2D eigenvalue weighted by molar-refractivity contribution is 7.11. The Morgan fingerprint density at radius 3 is 2.45 bits per heavy atom. The standard InChI is InChI=1S/C16H19N3S/c1-14-4-6-15(7-5-14)18-8-10-19(11-9-18)17-13-16-3-2-12-20-16/h2-7,12-13H,8-11H2,1H3/b17-13-. The maximum Gasteiger partial charge on any atom is 0.0642 e. The molecule has 0 N–H and O–H groups in total. The Bertz CT molecular complexity index is 552. The van der Waals surface area contributed by atoms with Crippen LogP contribution in [0.5, 0.6) is 0 Å². The summed E-state index contributed by atoms with van der Waals surface area (Å²) in [4.78, 5) is 3.64. The Morgan fingerprint density at radius 2 is 1.80 bits per heavy atom. The van der Waals surface area contributed by atoms with Gasteiger partial charge in [-0.25, -0.2) is 0 Å². The van der Waals surface area contributed by atoms with Crippen LogP contribution in [0.1, 0.15) is 10.4 Å². The molecule has 1 aliphatic heterocycles. The highest BCUT2D eigenvalue weighted by Gasteiger charge is 2.15. The van der Waals surface area contributed by atoms with Crippen molar-refractivity contribution in [3.63, 3.8) is 0 Å². The Morgan fingerprint density at radius 1 is 1.05 bits per heavy atom. The van der Waals surface area contributed by atoms with Crippen molar-refractivity contribution < 1.29 is 0 Å². The summed E-state index contributed by atoms with van der Waals surface area (Å²) in [5.41, 5.74) is 2.63. The fourth-order valence-electron chi connectivity index (χ4n) is 2.33. The molecule has 1 aromatic heterocycles. The van der Waals surface area contributed by atoms with E-state index in [1.165, 1.54) is 16.1 Å². The van der Waals surface area contributed by atoms with Crippen LogP contribution in [0.4, 0.5) is 5.69 Å². The number of nitrogens with zero attached hydrogens (tertiary/aromatic N) is 3. The molecule has 2 heterocycles. The molecule has 2 aromatic rings. The largest absolute Gasteiger partial charge is 0.368 e. The van der Waals surface area contributed by atoms with Crippen LogP contribution < -0.4 is 4.90 Å². The Labute approximate surface area is 124 Å². The zero-order valence-electron chi connectivity index (χ0n) is 11.7. The van der Waals surface area contributed by atoms with Crippen molar-refractivity contribution in [2.75, 3.05) is 31.1 Å². The number of hydrogen-bond acceptors (Lipinski definition) is 4. The summed E-state index contributed by atoms with van der Waals surface area (Å²) in [5, 5.41) is 8.80. The van der Waals surface area contributed by atoms with Crippen molar-refractivity contribution in [2.24, 2.45) is 5.10 Å². The lowest BCUT2D eigenvalue weighted by molar-refractivity contribution is 0.272. The van der Waals surface area contributed by atoms with Gasteiger partial charge < -0.3 is 4.90 Å². The van der Waals surface area contributed by atoms with Gasteiger partial charge in [-0.05, 0) is 30.5 Å². The van der Waals surface area contributed by atoms with Gasteiger partial charge in [0, 0.05) is 23.7 Å². The molecule has 1 saturated heterocycles. The minimum Gasteiger partial charge on any atom is -0.368 e. The third kappa shape index (κ3) is 3.20. The summed E-state index contributed by atoms with van der Waals surface area (Å²) >= 11 is 1.72. The van der Waals surface area contributed by atoms with Crippen molar-refractivity contribution in [3.8, 4) is 0 Å². The van der Waals surface area contributed by atoms with Crippen LogP contribution in [0.3, 0.4) is 0 Å². The van der Waals surface area contributed by atoms with Crippen LogP contribution in [0, 0.1) is 6.92 Å². The predicted molar refractivity (Wildman–Crippen MR) is 86.9 cm³/mol. The van der Waals surface area contributed by atoms with Crippen molar-refractivity contribution in [1.82, 2.24) is 5.01 Å². The SMILES string of the molecule is Cc1ccc(N2CCN(/N=C\c3cccs3)CC2)cc1. The number of aryl methyl sites for hydroxylation is 1. The zero-order valence-corrected chi connectivity index (χ0v) is 12.5. The van der Waals surface area contributed by atoms with Crippen LogP contribution in [-0.2, 0) is 0 Å². The van der Waals surface area contributed by atoms with E-state index < -0.39 is 0 Å². The van der Waals surface area contributed by atoms with E-state index in [9.17, 15) is 0 Å². The third-order valence-electron chi connectivity index (χ3n) is 3.55. The molecule has 0 bridgehead atoms. The molecule has 0 spiro atoms. The van der Waals surface area contributed by atoms with Crippen LogP contribution in [-0.4, -0.2) is 37.4 Å². The second kappa shape index (κ2) is 6.09. The first kappa shape index (κ1) is 13.2. The smallest absolute Gasteiger partial charge is 0.0642 e. The lowest BCUT2D eigenvalue weighted by Crippen LogP contribution is -2.44. The van der Waals surface area contributed by atoms with Crippen LogP contribution in [0.2, 0.25) is 0 Å². The molecule has 0 saturated carbocycles. The van der Waals surface area contributed by atoms with Gasteiger partial charge in [-0.3, -0.25) is 5.01 Å². The van der Waals surface area contributed by atoms with Gasteiger partial charge in [-0.2, -0.15) is 5.10 Å². The molecule has 1 fully saturated rings. The monoisotopic (exact) mass is 285 g/mol. The zero-order chi connectivity index (χ0) is 13.8. The molecule has 0 aliphatic carbocycles. The van der Waals surface area contributed by atoms with Crippen LogP contribution in [0.15, 0.2) is 46.9 Å². The molecule has 0 amide bonds. The molecular weight excluding hydrogens is 266 g/mol. The number of hydrogen-bond donors (Lipinski definition) is 0. The molecule has 4 heteroatoms. The fraction of sp³-hybridized carbons (Fsp3) is 0.312. The number of anilines is 1. The number of benzene rings is 1. The quantitative estimate of drug-likeness (QED) is 0.806. The van der Waals surface area contributed by atoms with Gasteiger partial charge >= 0.3 is 0 Å². The second-order valence-electron chi connectivity index (χ2n) is 5.04. The third-order valence-corrected chi connectivity index (χ3v) is 4.35. The van der Waals surface area contributed by atoms with Crippen molar-refractivity contribution in [1.29, 1.82) is 0 Å². The average Bonchev–Trinajstić information content (AvgIpc) is 3.00. The van der Waals surface area contributed by atoms with E-state index in [0.717, 1.165) is 26.2 Å². The summed E-state index contributed by atoms with van der Waals surface area (Å²) in [6, 6.07) is 12.9. The molecule has 0 atom stereocenters. The van der Waals surface area contributed by atoms with E-state index in [2.05, 4.69) is 63.7 Å². The number of hydrazone groups is 1. The molecule has 1 aromatic carbocycles. The summed E-state index contributed by atoms with van der Waals surface area (Å²) in [6.07, 6.45) is 1.96. The maximum absolute atomic E-state index is 4.56. The minimum absolute atomic E-state index is 0.982. The van der Waals surface area contributed by atoms with E-state index in [1.807, 2.05) is 6.21 Å². The van der Waals surface area contributed by atoms with E-state index in [1.54, 1.807) is 11.3 Å². The Balaban J connectivity index is 1.55. The van der Waals surface area contributed by atoms with Crippen molar-refractivity contribution in [2.45, 2.75) is 6.92 Å². The van der Waals surface area contributed by atoms with E-state index in [-0.39, 0.29) is 0 Å². The number of thiophene rings is 1. The van der Waals surface area contributed by atoms with E-state index >= 15 is 0 Å². The first-order valence-electron chi connectivity index (χ1n) is 6.95. The fourth-order valence-corrected chi connectivity index (χ4v) is 2.91. The second-order valence-corrected chi connectivity index (χ2v) is 6.02. The summed E-state index contributed by atoms with van der Waals surface area (Å²) in [6.45, 7) is 6.15. The molecular formula is C16H19N3S. The van der Waals surface area contributed by atoms with Gasteiger partial charge in [-0.1, -0.05) is 23.8 Å². The van der Waals surface area contributed by atoms with Gasteiger partial charge in [-0.15, -0.1) is 11.3 Å². The summed E-state index contributed by atoms with van der Waals surface area (Å²) in [7, 11) is 0. The van der Waals surface area contributed by atoms with Gasteiger partial charge in [0.25, 0.3) is 0 Å². The summed E-state index contributed by atoms with van der Waals surface area (Å²) < 4.78 is 0. The predicted octanol–water partition coefficient (Wildman–Crippen LogP) is 3.21. The summed E-state index contributed by atoms with van der Waals surface area (Å²) in [5.74, 6) is 0. The lowest BCUT2D eigenvalue weighted by atomic mass is 10.2. The van der Waals surface area contributed by atoms with Gasteiger partial charge in [0.05, 0.1) is 19.3 Å². The molecule has 3 nitrogen and oxygen atoms in total. The molecule has 0 radical (unpaired) electrons. The lowest BCUT2D eigenvalue weighted by Gasteiger charge is -2.34. The molecule has 20 heavy (non-hydrogen) atoms.